The van der Waals surface area contributed by atoms with Gasteiger partial charge in [-0.3, -0.25) is 14.7 Å². The Morgan fingerprint density at radius 3 is 2.80 bits per heavy atom. The van der Waals surface area contributed by atoms with E-state index in [1.807, 2.05) is 0 Å². The smallest absolute Gasteiger partial charge is 0.356 e. The molecule has 1 atom stereocenters. The van der Waals surface area contributed by atoms with E-state index in [4.69, 9.17) is 10.2 Å². The van der Waals surface area contributed by atoms with Gasteiger partial charge in [-0.05, 0) is 0 Å². The summed E-state index contributed by atoms with van der Waals surface area (Å²) in [5.74, 6) is -2.25. The van der Waals surface area contributed by atoms with E-state index < -0.39 is 21.9 Å². The van der Waals surface area contributed by atoms with Gasteiger partial charge in [0.2, 0.25) is 15.9 Å². The van der Waals surface area contributed by atoms with Gasteiger partial charge in [0.05, 0.1) is 18.1 Å². The summed E-state index contributed by atoms with van der Waals surface area (Å²) in [7, 11) is -3.67. The van der Waals surface area contributed by atoms with Crippen molar-refractivity contribution in [1.29, 1.82) is 0 Å². The molecule has 1 aromatic rings. The van der Waals surface area contributed by atoms with Crippen LogP contribution in [-0.2, 0) is 14.8 Å². The van der Waals surface area contributed by atoms with Crippen molar-refractivity contribution in [3.05, 3.63) is 18.1 Å². The lowest BCUT2D eigenvalue weighted by molar-refractivity contribution is -0.117. The molecule has 108 valence electrons. The molecule has 0 aromatic carbocycles. The van der Waals surface area contributed by atoms with Gasteiger partial charge in [-0.25, -0.2) is 23.3 Å². The Balaban J connectivity index is 2.20. The molecule has 1 saturated heterocycles. The lowest BCUT2D eigenvalue weighted by Crippen LogP contribution is -2.28. The monoisotopic (exact) mass is 300 g/mol. The zero-order valence-electron chi connectivity index (χ0n) is 10.3. The number of aromatic carboxylic acids is 1. The molecule has 1 aromatic heterocycles. The first-order valence-electron chi connectivity index (χ1n) is 5.62. The van der Waals surface area contributed by atoms with Crippen molar-refractivity contribution in [3.8, 4) is 0 Å². The van der Waals surface area contributed by atoms with Crippen LogP contribution in [0, 0.1) is 5.92 Å². The highest BCUT2D eigenvalue weighted by atomic mass is 32.2. The minimum absolute atomic E-state index is 0.0232. The molecule has 1 aliphatic heterocycles. The van der Waals surface area contributed by atoms with Gasteiger partial charge in [0.1, 0.15) is 0 Å². The Bertz CT molecular complexity index is 659. The summed E-state index contributed by atoms with van der Waals surface area (Å²) < 4.78 is 22.0. The van der Waals surface area contributed by atoms with Crippen molar-refractivity contribution in [1.82, 2.24) is 9.97 Å². The Morgan fingerprint density at radius 2 is 2.20 bits per heavy atom. The fourth-order valence-electron chi connectivity index (χ4n) is 2.03. The number of anilines is 1. The molecule has 0 spiro atoms. The van der Waals surface area contributed by atoms with E-state index in [-0.39, 0.29) is 36.1 Å². The molecule has 1 fully saturated rings. The Morgan fingerprint density at radius 1 is 1.50 bits per heavy atom. The van der Waals surface area contributed by atoms with Gasteiger partial charge < -0.3 is 5.11 Å². The topological polar surface area (TPSA) is 144 Å². The zero-order chi connectivity index (χ0) is 14.9. The molecule has 2 rings (SSSR count). The average Bonchev–Trinajstić information content (AvgIpc) is 2.68. The van der Waals surface area contributed by atoms with Crippen LogP contribution in [0.1, 0.15) is 16.9 Å². The maximum atomic E-state index is 11.8. The van der Waals surface area contributed by atoms with Crippen LogP contribution in [0.5, 0.6) is 0 Å². The fourth-order valence-corrected chi connectivity index (χ4v) is 2.91. The highest BCUT2D eigenvalue weighted by molar-refractivity contribution is 7.89. The van der Waals surface area contributed by atoms with Gasteiger partial charge in [-0.2, -0.15) is 0 Å². The SMILES string of the molecule is NS(=O)(=O)CC1CC(=O)N(c2cncc(C(=O)O)n2)C1. The van der Waals surface area contributed by atoms with Crippen LogP contribution >= 0.6 is 0 Å². The summed E-state index contributed by atoms with van der Waals surface area (Å²) in [5.41, 5.74) is -0.287. The fraction of sp³-hybridized carbons (Fsp3) is 0.400. The van der Waals surface area contributed by atoms with Crippen molar-refractivity contribution >= 4 is 27.7 Å². The number of hydrogen-bond donors (Lipinski definition) is 2. The van der Waals surface area contributed by atoms with E-state index in [0.29, 0.717) is 0 Å². The predicted molar refractivity (Wildman–Crippen MR) is 67.4 cm³/mol. The number of primary sulfonamides is 1. The lowest BCUT2D eigenvalue weighted by Gasteiger charge is -2.15. The summed E-state index contributed by atoms with van der Waals surface area (Å²) in [5, 5.41) is 13.8. The first-order valence-corrected chi connectivity index (χ1v) is 7.34. The third-order valence-electron chi connectivity index (χ3n) is 2.79. The summed E-state index contributed by atoms with van der Waals surface area (Å²) in [6, 6.07) is 0. The third-order valence-corrected chi connectivity index (χ3v) is 3.73. The van der Waals surface area contributed by atoms with Gasteiger partial charge in [0.25, 0.3) is 0 Å². The summed E-state index contributed by atoms with van der Waals surface area (Å²) in [4.78, 5) is 31.3. The lowest BCUT2D eigenvalue weighted by atomic mass is 10.1. The Labute approximate surface area is 114 Å². The molecule has 1 amide bonds. The first-order chi connectivity index (χ1) is 9.26. The number of carbonyl (C=O) groups excluding carboxylic acids is 1. The summed E-state index contributed by atoms with van der Waals surface area (Å²) >= 11 is 0. The van der Waals surface area contributed by atoms with E-state index in [0.717, 1.165) is 6.20 Å². The number of nitrogens with zero attached hydrogens (tertiary/aromatic N) is 3. The van der Waals surface area contributed by atoms with Crippen LogP contribution in [0.15, 0.2) is 12.4 Å². The standard InChI is InChI=1S/C10H12N4O5S/c11-20(18,19)5-6-1-9(15)14(4-6)8-3-12-2-7(13-8)10(16)17/h2-3,6H,1,4-5H2,(H,16,17)(H2,11,18,19). The number of aromatic nitrogens is 2. The van der Waals surface area contributed by atoms with Gasteiger partial charge >= 0.3 is 5.97 Å². The van der Waals surface area contributed by atoms with Crippen LogP contribution < -0.4 is 10.0 Å². The maximum Gasteiger partial charge on any atom is 0.356 e. The minimum atomic E-state index is -3.67. The van der Waals surface area contributed by atoms with E-state index in [9.17, 15) is 18.0 Å². The molecule has 3 N–H and O–H groups in total. The number of hydrogen-bond acceptors (Lipinski definition) is 6. The minimum Gasteiger partial charge on any atom is -0.476 e. The molecule has 0 saturated carbocycles. The third kappa shape index (κ3) is 3.27. The van der Waals surface area contributed by atoms with Crippen LogP contribution in [-0.4, -0.2) is 47.7 Å². The van der Waals surface area contributed by atoms with Gasteiger partial charge in [-0.1, -0.05) is 0 Å². The van der Waals surface area contributed by atoms with Gasteiger partial charge in [-0.15, -0.1) is 0 Å². The van der Waals surface area contributed by atoms with E-state index in [2.05, 4.69) is 9.97 Å². The van der Waals surface area contributed by atoms with Crippen molar-refractivity contribution in [2.45, 2.75) is 6.42 Å². The molecule has 1 aliphatic rings. The van der Waals surface area contributed by atoms with Crippen LogP contribution in [0.2, 0.25) is 0 Å². The quantitative estimate of drug-likeness (QED) is 0.711. The number of carboxylic acid groups (broad SMARTS) is 1. The van der Waals surface area contributed by atoms with Crippen LogP contribution in [0.25, 0.3) is 0 Å². The number of amides is 1. The normalized spacial score (nSPS) is 19.4. The molecule has 20 heavy (non-hydrogen) atoms. The molecule has 1 unspecified atom stereocenters. The number of carboxylic acids is 1. The molecule has 0 bridgehead atoms. The average molecular weight is 300 g/mol. The van der Waals surface area contributed by atoms with Gasteiger partial charge in [0, 0.05) is 18.9 Å². The Kier molecular flexibility index (Phi) is 3.68. The highest BCUT2D eigenvalue weighted by Gasteiger charge is 2.33. The molecular weight excluding hydrogens is 288 g/mol. The number of rotatable bonds is 4. The molecule has 0 radical (unpaired) electrons. The second-order valence-corrected chi connectivity index (χ2v) is 6.13. The second-order valence-electron chi connectivity index (χ2n) is 4.47. The first kappa shape index (κ1) is 14.3. The van der Waals surface area contributed by atoms with Crippen molar-refractivity contribution in [2.75, 3.05) is 17.2 Å². The molecule has 10 heteroatoms. The molecule has 2 heterocycles. The molecular formula is C10H12N4O5S. The maximum absolute atomic E-state index is 11.8. The second kappa shape index (κ2) is 5.13. The number of sulfonamides is 1. The molecule has 9 nitrogen and oxygen atoms in total. The van der Waals surface area contributed by atoms with Crippen molar-refractivity contribution < 1.29 is 23.1 Å². The number of carbonyl (C=O) groups is 2. The van der Waals surface area contributed by atoms with Crippen molar-refractivity contribution in [3.63, 3.8) is 0 Å². The Hall–Kier alpha value is -2.07. The van der Waals surface area contributed by atoms with E-state index >= 15 is 0 Å². The summed E-state index contributed by atoms with van der Waals surface area (Å²) in [6.45, 7) is 0.118. The van der Waals surface area contributed by atoms with Gasteiger partial charge in [0.15, 0.2) is 11.5 Å². The summed E-state index contributed by atoms with van der Waals surface area (Å²) in [6.07, 6.45) is 2.34. The highest BCUT2D eigenvalue weighted by Crippen LogP contribution is 2.23. The van der Waals surface area contributed by atoms with E-state index in [1.165, 1.54) is 11.1 Å². The van der Waals surface area contributed by atoms with Crippen LogP contribution in [0.3, 0.4) is 0 Å². The largest absolute Gasteiger partial charge is 0.476 e. The molecule has 0 aliphatic carbocycles. The predicted octanol–water partition coefficient (Wildman–Crippen LogP) is -1.18. The van der Waals surface area contributed by atoms with Crippen molar-refractivity contribution in [2.24, 2.45) is 11.1 Å². The van der Waals surface area contributed by atoms with Crippen LogP contribution in [0.4, 0.5) is 5.82 Å². The zero-order valence-corrected chi connectivity index (χ0v) is 11.1. The number of nitrogens with two attached hydrogens (primary N) is 1. The van der Waals surface area contributed by atoms with E-state index in [1.54, 1.807) is 0 Å².